The second kappa shape index (κ2) is 5.03. The maximum Gasteiger partial charge on any atom is 0.166 e. The highest BCUT2D eigenvalue weighted by atomic mass is 16.5. The van der Waals surface area contributed by atoms with Gasteiger partial charge < -0.3 is 14.7 Å². The van der Waals surface area contributed by atoms with Crippen molar-refractivity contribution in [2.75, 3.05) is 7.11 Å². The Morgan fingerprint density at radius 1 is 0.800 bits per heavy atom. The number of ether oxygens (including phenoxy) is 1. The van der Waals surface area contributed by atoms with Crippen LogP contribution in [0.1, 0.15) is 18.1 Å². The smallest absolute Gasteiger partial charge is 0.166 e. The van der Waals surface area contributed by atoms with E-state index < -0.39 is 0 Å². The Bertz CT molecular complexity index is 1270. The highest BCUT2D eigenvalue weighted by Crippen LogP contribution is 2.40. The molecule has 0 atom stereocenters. The number of methoxy groups -OCH3 is 1. The minimum atomic E-state index is 0.885. The molecule has 2 aromatic heterocycles. The Hall–Kier alpha value is -2.94. The summed E-state index contributed by atoms with van der Waals surface area (Å²) in [7, 11) is 1.74. The summed E-state index contributed by atoms with van der Waals surface area (Å²) in [4.78, 5) is 7.09. The van der Waals surface area contributed by atoms with Crippen LogP contribution in [0.5, 0.6) is 5.75 Å². The Kier molecular flexibility index (Phi) is 2.90. The molecule has 0 aliphatic carbocycles. The van der Waals surface area contributed by atoms with Crippen molar-refractivity contribution in [1.29, 1.82) is 0 Å². The van der Waals surface area contributed by atoms with E-state index in [2.05, 4.69) is 66.3 Å². The molecule has 0 spiro atoms. The standard InChI is InChI=1S/C22H20N2O/c1-4-13-6-8-19-15(10-13)17-11-16-14-9-12(2)5-7-18(14)23-20(16)22(25-3)21(17)24-19/h5-11,23-24H,4H2,1-3H3. The molecular formula is C22H20N2O. The predicted octanol–water partition coefficient (Wildman–Crippen LogP) is 5.84. The normalized spacial score (nSPS) is 12.0. The second-order valence-corrected chi connectivity index (χ2v) is 6.79. The second-order valence-electron chi connectivity index (χ2n) is 6.79. The Labute approximate surface area is 145 Å². The minimum absolute atomic E-state index is 0.885. The van der Waals surface area contributed by atoms with E-state index in [1.807, 2.05) is 0 Å². The molecule has 0 amide bonds. The Morgan fingerprint density at radius 2 is 1.44 bits per heavy atom. The van der Waals surface area contributed by atoms with Gasteiger partial charge in [0.2, 0.25) is 0 Å². The maximum atomic E-state index is 5.82. The minimum Gasteiger partial charge on any atom is -0.492 e. The average molecular weight is 328 g/mol. The van der Waals surface area contributed by atoms with Gasteiger partial charge in [-0.2, -0.15) is 0 Å². The summed E-state index contributed by atoms with van der Waals surface area (Å²) in [5.41, 5.74) is 7.02. The molecular weight excluding hydrogens is 308 g/mol. The fourth-order valence-corrected chi connectivity index (χ4v) is 3.94. The van der Waals surface area contributed by atoms with E-state index in [9.17, 15) is 0 Å². The van der Waals surface area contributed by atoms with Crippen molar-refractivity contribution in [3.05, 3.63) is 53.6 Å². The number of hydrogen-bond donors (Lipinski definition) is 2. The van der Waals surface area contributed by atoms with Gasteiger partial charge in [-0.3, -0.25) is 0 Å². The quantitative estimate of drug-likeness (QED) is 0.420. The number of aryl methyl sites for hydroxylation is 2. The summed E-state index contributed by atoms with van der Waals surface area (Å²) in [5.74, 6) is 0.885. The van der Waals surface area contributed by atoms with Crippen LogP contribution < -0.4 is 4.74 Å². The molecule has 25 heavy (non-hydrogen) atoms. The SMILES string of the molecule is CCc1ccc2[nH]c3c(OC)c4[nH]c5ccc(C)cc5c4cc3c2c1. The van der Waals surface area contributed by atoms with Gasteiger partial charge in [-0.1, -0.05) is 24.6 Å². The van der Waals surface area contributed by atoms with Gasteiger partial charge in [0.1, 0.15) is 0 Å². The summed E-state index contributed by atoms with van der Waals surface area (Å²) in [6, 6.07) is 15.5. The van der Waals surface area contributed by atoms with Crippen LogP contribution in [-0.4, -0.2) is 17.1 Å². The first kappa shape index (κ1) is 14.4. The molecule has 2 heterocycles. The lowest BCUT2D eigenvalue weighted by Crippen LogP contribution is -1.86. The van der Waals surface area contributed by atoms with E-state index in [0.29, 0.717) is 0 Å². The molecule has 0 unspecified atom stereocenters. The topological polar surface area (TPSA) is 40.8 Å². The van der Waals surface area contributed by atoms with Crippen LogP contribution in [0.4, 0.5) is 0 Å². The number of aromatic nitrogens is 2. The van der Waals surface area contributed by atoms with Crippen LogP contribution in [0, 0.1) is 6.92 Å². The van der Waals surface area contributed by atoms with Gasteiger partial charge >= 0.3 is 0 Å². The lowest BCUT2D eigenvalue weighted by molar-refractivity contribution is 0.423. The van der Waals surface area contributed by atoms with Gasteiger partial charge in [0, 0.05) is 32.6 Å². The highest BCUT2D eigenvalue weighted by Gasteiger charge is 2.16. The van der Waals surface area contributed by atoms with Gasteiger partial charge in [-0.05, 0) is 49.2 Å². The molecule has 2 N–H and O–H groups in total. The molecule has 0 radical (unpaired) electrons. The number of rotatable bonds is 2. The van der Waals surface area contributed by atoms with Crippen molar-refractivity contribution in [2.45, 2.75) is 20.3 Å². The highest BCUT2D eigenvalue weighted by molar-refractivity contribution is 6.20. The molecule has 0 saturated heterocycles. The average Bonchev–Trinajstić information content (AvgIpc) is 3.17. The summed E-state index contributed by atoms with van der Waals surface area (Å²) in [6.45, 7) is 4.32. The van der Waals surface area contributed by atoms with Crippen LogP contribution in [0.2, 0.25) is 0 Å². The molecule has 0 fully saturated rings. The summed E-state index contributed by atoms with van der Waals surface area (Å²) in [5, 5.41) is 4.94. The molecule has 0 aliphatic rings. The zero-order valence-corrected chi connectivity index (χ0v) is 14.7. The number of hydrogen-bond acceptors (Lipinski definition) is 1. The first-order chi connectivity index (χ1) is 12.2. The lowest BCUT2D eigenvalue weighted by atomic mass is 10.0. The molecule has 124 valence electrons. The largest absolute Gasteiger partial charge is 0.492 e. The third-order valence-electron chi connectivity index (χ3n) is 5.25. The number of aromatic amines is 2. The van der Waals surface area contributed by atoms with E-state index in [1.165, 1.54) is 32.7 Å². The lowest BCUT2D eigenvalue weighted by Gasteiger charge is -2.04. The molecule has 3 aromatic carbocycles. The molecule has 0 aliphatic heterocycles. The molecule has 3 nitrogen and oxygen atoms in total. The van der Waals surface area contributed by atoms with Crippen molar-refractivity contribution >= 4 is 43.6 Å². The van der Waals surface area contributed by atoms with Crippen LogP contribution in [-0.2, 0) is 6.42 Å². The van der Waals surface area contributed by atoms with Gasteiger partial charge in [-0.15, -0.1) is 0 Å². The zero-order valence-electron chi connectivity index (χ0n) is 14.7. The zero-order chi connectivity index (χ0) is 17.1. The maximum absolute atomic E-state index is 5.82. The third kappa shape index (κ3) is 1.92. The first-order valence-corrected chi connectivity index (χ1v) is 8.73. The van der Waals surface area contributed by atoms with E-state index in [-0.39, 0.29) is 0 Å². The Balaban J connectivity index is 2.01. The summed E-state index contributed by atoms with van der Waals surface area (Å²) in [6.07, 6.45) is 1.04. The van der Waals surface area contributed by atoms with Gasteiger partial charge in [0.05, 0.1) is 18.1 Å². The van der Waals surface area contributed by atoms with Crippen molar-refractivity contribution in [3.8, 4) is 5.75 Å². The number of H-pyrrole nitrogens is 2. The van der Waals surface area contributed by atoms with E-state index in [4.69, 9.17) is 4.74 Å². The monoisotopic (exact) mass is 328 g/mol. The number of benzene rings is 3. The Morgan fingerprint density at radius 3 is 2.08 bits per heavy atom. The molecule has 0 saturated carbocycles. The number of nitrogens with one attached hydrogen (secondary N) is 2. The molecule has 5 aromatic rings. The van der Waals surface area contributed by atoms with Crippen molar-refractivity contribution in [2.24, 2.45) is 0 Å². The van der Waals surface area contributed by atoms with Gasteiger partial charge in [0.25, 0.3) is 0 Å². The van der Waals surface area contributed by atoms with Gasteiger partial charge in [-0.25, -0.2) is 0 Å². The molecule has 5 rings (SSSR count). The summed E-state index contributed by atoms with van der Waals surface area (Å²) < 4.78 is 5.82. The van der Waals surface area contributed by atoms with E-state index >= 15 is 0 Å². The van der Waals surface area contributed by atoms with E-state index in [0.717, 1.165) is 34.2 Å². The van der Waals surface area contributed by atoms with Crippen LogP contribution in [0.25, 0.3) is 43.6 Å². The van der Waals surface area contributed by atoms with Crippen LogP contribution in [0.15, 0.2) is 42.5 Å². The third-order valence-corrected chi connectivity index (χ3v) is 5.25. The van der Waals surface area contributed by atoms with Crippen molar-refractivity contribution in [1.82, 2.24) is 9.97 Å². The fourth-order valence-electron chi connectivity index (χ4n) is 3.94. The van der Waals surface area contributed by atoms with Crippen LogP contribution >= 0.6 is 0 Å². The summed E-state index contributed by atoms with van der Waals surface area (Å²) >= 11 is 0. The fraction of sp³-hybridized carbons (Fsp3) is 0.182. The van der Waals surface area contributed by atoms with E-state index in [1.54, 1.807) is 7.11 Å². The number of fused-ring (bicyclic) bond motifs is 6. The van der Waals surface area contributed by atoms with Gasteiger partial charge in [0.15, 0.2) is 5.75 Å². The predicted molar refractivity (Wildman–Crippen MR) is 106 cm³/mol. The first-order valence-electron chi connectivity index (χ1n) is 8.73. The van der Waals surface area contributed by atoms with Crippen molar-refractivity contribution in [3.63, 3.8) is 0 Å². The van der Waals surface area contributed by atoms with Crippen molar-refractivity contribution < 1.29 is 4.74 Å². The molecule has 3 heteroatoms. The van der Waals surface area contributed by atoms with Crippen LogP contribution in [0.3, 0.4) is 0 Å². The molecule has 0 bridgehead atoms.